The van der Waals surface area contributed by atoms with Crippen molar-refractivity contribution in [2.24, 2.45) is 5.92 Å². The van der Waals surface area contributed by atoms with Crippen LogP contribution in [0, 0.1) is 5.92 Å². The number of nitrogens with zero attached hydrogens (tertiary/aromatic N) is 1. The van der Waals surface area contributed by atoms with Gasteiger partial charge >= 0.3 is 0 Å². The lowest BCUT2D eigenvalue weighted by molar-refractivity contribution is -0.121. The fourth-order valence-electron chi connectivity index (χ4n) is 3.87. The van der Waals surface area contributed by atoms with Crippen LogP contribution in [0.4, 0.5) is 0 Å². The van der Waals surface area contributed by atoms with Gasteiger partial charge in [0.05, 0.1) is 6.10 Å². The van der Waals surface area contributed by atoms with E-state index in [-0.39, 0.29) is 18.1 Å². The summed E-state index contributed by atoms with van der Waals surface area (Å²) < 4.78 is 5.47. The van der Waals surface area contributed by atoms with Crippen molar-refractivity contribution < 1.29 is 14.6 Å². The Hall–Kier alpha value is -1.43. The van der Waals surface area contributed by atoms with Gasteiger partial charge in [0.15, 0.2) is 0 Å². The van der Waals surface area contributed by atoms with Gasteiger partial charge in [-0.3, -0.25) is 9.69 Å². The van der Waals surface area contributed by atoms with Gasteiger partial charge in [-0.2, -0.15) is 0 Å². The molecule has 2 aliphatic rings. The van der Waals surface area contributed by atoms with Crippen molar-refractivity contribution in [3.05, 3.63) is 35.9 Å². The number of nitrogens with one attached hydrogen (secondary N) is 1. The first-order valence-electron chi connectivity index (χ1n) is 9.51. The molecule has 3 rings (SSSR count). The highest BCUT2D eigenvalue weighted by Crippen LogP contribution is 2.21. The summed E-state index contributed by atoms with van der Waals surface area (Å²) in [4.78, 5) is 14.4. The third-order valence-corrected chi connectivity index (χ3v) is 5.30. The van der Waals surface area contributed by atoms with E-state index in [1.807, 2.05) is 18.2 Å². The number of aliphatic hydroxyl groups excluding tert-OH is 1. The number of likely N-dealkylation sites (tertiary alicyclic amines) is 1. The number of β-amino-alcohol motifs (C(OH)–C–C–N with tert-alkyl or cyclic N) is 1. The third kappa shape index (κ3) is 5.80. The molecule has 0 bridgehead atoms. The highest BCUT2D eigenvalue weighted by Gasteiger charge is 2.31. The lowest BCUT2D eigenvalue weighted by Gasteiger charge is -2.25. The van der Waals surface area contributed by atoms with Gasteiger partial charge in [0, 0.05) is 45.3 Å². The maximum Gasteiger partial charge on any atom is 0.220 e. The van der Waals surface area contributed by atoms with Crippen LogP contribution in [0.5, 0.6) is 0 Å². The normalized spacial score (nSPS) is 27.3. The van der Waals surface area contributed by atoms with Gasteiger partial charge in [-0.05, 0) is 37.2 Å². The number of aliphatic hydroxyl groups is 1. The van der Waals surface area contributed by atoms with Crippen LogP contribution in [0.1, 0.15) is 37.7 Å². The van der Waals surface area contributed by atoms with E-state index in [2.05, 4.69) is 22.3 Å². The Morgan fingerprint density at radius 2 is 2.16 bits per heavy atom. The topological polar surface area (TPSA) is 61.8 Å². The molecule has 2 saturated heterocycles. The summed E-state index contributed by atoms with van der Waals surface area (Å²) in [5.41, 5.74) is 1.24. The Bertz CT molecular complexity index is 531. The monoisotopic (exact) mass is 346 g/mol. The predicted octanol–water partition coefficient (Wildman–Crippen LogP) is 1.94. The molecule has 1 aromatic carbocycles. The maximum atomic E-state index is 12.2. The first kappa shape index (κ1) is 18.4. The molecule has 3 atom stereocenters. The van der Waals surface area contributed by atoms with Crippen molar-refractivity contribution in [2.75, 3.05) is 26.3 Å². The van der Waals surface area contributed by atoms with Crippen LogP contribution in [0.25, 0.3) is 0 Å². The van der Waals surface area contributed by atoms with Crippen molar-refractivity contribution in [2.45, 2.75) is 50.8 Å². The van der Waals surface area contributed by atoms with E-state index in [1.54, 1.807) is 0 Å². The van der Waals surface area contributed by atoms with E-state index in [0.29, 0.717) is 25.4 Å². The Morgan fingerprint density at radius 1 is 1.32 bits per heavy atom. The van der Waals surface area contributed by atoms with E-state index in [1.165, 1.54) is 12.0 Å². The molecule has 25 heavy (non-hydrogen) atoms. The highest BCUT2D eigenvalue weighted by molar-refractivity contribution is 5.75. The van der Waals surface area contributed by atoms with Crippen LogP contribution >= 0.6 is 0 Å². The molecule has 2 aliphatic heterocycles. The van der Waals surface area contributed by atoms with Crippen LogP contribution < -0.4 is 5.32 Å². The molecule has 0 aliphatic carbocycles. The zero-order valence-electron chi connectivity index (χ0n) is 14.9. The molecule has 1 aromatic rings. The average Bonchev–Trinajstić information content (AvgIpc) is 2.99. The summed E-state index contributed by atoms with van der Waals surface area (Å²) in [6.45, 7) is 3.77. The number of ether oxygens (including phenoxy) is 1. The van der Waals surface area contributed by atoms with Crippen molar-refractivity contribution in [3.63, 3.8) is 0 Å². The zero-order chi connectivity index (χ0) is 17.5. The lowest BCUT2D eigenvalue weighted by atomic mass is 9.97. The molecule has 1 amide bonds. The number of hydrogen-bond donors (Lipinski definition) is 2. The molecule has 2 heterocycles. The molecule has 0 aromatic heterocycles. The molecule has 5 nitrogen and oxygen atoms in total. The van der Waals surface area contributed by atoms with E-state index in [0.717, 1.165) is 39.0 Å². The standard InChI is InChI=1S/C20H30N2O3/c23-19-11-18(22(14-19)13-16-5-2-1-3-6-16)12-21-20(24)9-8-17-7-4-10-25-15-17/h1-3,5-6,17-19,23H,4,7-15H2,(H,21,24). The fraction of sp³-hybridized carbons (Fsp3) is 0.650. The quantitative estimate of drug-likeness (QED) is 0.792. The van der Waals surface area contributed by atoms with Crippen LogP contribution in [-0.4, -0.2) is 54.4 Å². The van der Waals surface area contributed by atoms with E-state index in [9.17, 15) is 9.90 Å². The Balaban J connectivity index is 1.41. The summed E-state index contributed by atoms with van der Waals surface area (Å²) in [7, 11) is 0. The Labute approximate surface area is 150 Å². The zero-order valence-corrected chi connectivity index (χ0v) is 14.9. The van der Waals surface area contributed by atoms with E-state index >= 15 is 0 Å². The fourth-order valence-corrected chi connectivity index (χ4v) is 3.87. The Morgan fingerprint density at radius 3 is 2.92 bits per heavy atom. The molecule has 5 heteroatoms. The van der Waals surface area contributed by atoms with Gasteiger partial charge in [-0.25, -0.2) is 0 Å². The minimum absolute atomic E-state index is 0.117. The molecule has 0 saturated carbocycles. The number of hydrogen-bond acceptors (Lipinski definition) is 4. The summed E-state index contributed by atoms with van der Waals surface area (Å²) in [6, 6.07) is 10.5. The highest BCUT2D eigenvalue weighted by atomic mass is 16.5. The number of carbonyl (C=O) groups is 1. The summed E-state index contributed by atoms with van der Waals surface area (Å²) in [5.74, 6) is 0.647. The van der Waals surface area contributed by atoms with Crippen LogP contribution in [-0.2, 0) is 16.1 Å². The van der Waals surface area contributed by atoms with Gasteiger partial charge in [0.25, 0.3) is 0 Å². The minimum Gasteiger partial charge on any atom is -0.392 e. The van der Waals surface area contributed by atoms with Gasteiger partial charge in [0.2, 0.25) is 5.91 Å². The summed E-state index contributed by atoms with van der Waals surface area (Å²) in [6.07, 6.45) is 4.19. The molecule has 138 valence electrons. The second-order valence-electron chi connectivity index (χ2n) is 7.38. The van der Waals surface area contributed by atoms with Gasteiger partial charge in [-0.15, -0.1) is 0 Å². The van der Waals surface area contributed by atoms with Crippen molar-refractivity contribution in [1.29, 1.82) is 0 Å². The van der Waals surface area contributed by atoms with Crippen molar-refractivity contribution in [3.8, 4) is 0 Å². The summed E-state index contributed by atoms with van der Waals surface area (Å²) in [5, 5.41) is 13.1. The summed E-state index contributed by atoms with van der Waals surface area (Å²) >= 11 is 0. The van der Waals surface area contributed by atoms with E-state index < -0.39 is 0 Å². The minimum atomic E-state index is -0.301. The van der Waals surface area contributed by atoms with Gasteiger partial charge < -0.3 is 15.2 Å². The van der Waals surface area contributed by atoms with E-state index in [4.69, 9.17) is 4.74 Å². The first-order chi connectivity index (χ1) is 12.2. The second-order valence-corrected chi connectivity index (χ2v) is 7.38. The van der Waals surface area contributed by atoms with Gasteiger partial charge in [-0.1, -0.05) is 30.3 Å². The average molecular weight is 346 g/mol. The van der Waals surface area contributed by atoms with Crippen molar-refractivity contribution in [1.82, 2.24) is 10.2 Å². The van der Waals surface area contributed by atoms with Crippen LogP contribution in [0.2, 0.25) is 0 Å². The largest absolute Gasteiger partial charge is 0.392 e. The lowest BCUT2D eigenvalue weighted by Crippen LogP contribution is -2.40. The second kappa shape index (κ2) is 9.32. The number of benzene rings is 1. The SMILES string of the molecule is O=C(CCC1CCCOC1)NCC1CC(O)CN1Cc1ccccc1. The first-order valence-corrected chi connectivity index (χ1v) is 9.51. The molecular weight excluding hydrogens is 316 g/mol. The maximum absolute atomic E-state index is 12.2. The molecule has 3 unspecified atom stereocenters. The number of amides is 1. The number of rotatable bonds is 7. The Kier molecular flexibility index (Phi) is 6.84. The predicted molar refractivity (Wildman–Crippen MR) is 97.1 cm³/mol. The molecule has 0 radical (unpaired) electrons. The smallest absolute Gasteiger partial charge is 0.220 e. The molecule has 2 fully saturated rings. The molecular formula is C20H30N2O3. The van der Waals surface area contributed by atoms with Crippen LogP contribution in [0.15, 0.2) is 30.3 Å². The molecule has 2 N–H and O–H groups in total. The third-order valence-electron chi connectivity index (χ3n) is 5.30. The molecule has 0 spiro atoms. The van der Waals surface area contributed by atoms with Gasteiger partial charge in [0.1, 0.15) is 0 Å². The van der Waals surface area contributed by atoms with Crippen molar-refractivity contribution >= 4 is 5.91 Å². The number of carbonyl (C=O) groups excluding carboxylic acids is 1. The van der Waals surface area contributed by atoms with Crippen LogP contribution in [0.3, 0.4) is 0 Å².